The Hall–Kier alpha value is -3.82. The van der Waals surface area contributed by atoms with Crippen LogP contribution in [0.5, 0.6) is 5.75 Å². The SMILES string of the molecule is COc1ccccc1C[NH+]1CCC(CCOC(c2ccc(F)cc2)c2ccc(F)cc2)CC1.O=C([O-])C(=O)O. The Kier molecular flexibility index (Phi) is 11.4. The van der Waals surface area contributed by atoms with Crippen molar-refractivity contribution in [2.75, 3.05) is 26.8 Å². The molecule has 0 saturated carbocycles. The van der Waals surface area contributed by atoms with Gasteiger partial charge in [-0.15, -0.1) is 0 Å². The van der Waals surface area contributed by atoms with Gasteiger partial charge in [-0.1, -0.05) is 36.4 Å². The standard InChI is InChI=1S/C28H31F2NO2.C2H2O4/c1-32-27-5-3-2-4-24(27)20-31-17-14-21(15-18-31)16-19-33-28(22-6-10-25(29)11-7-22)23-8-12-26(30)13-9-23;3-1(4)2(5)6/h2-13,21,28H,14-20H2,1H3;(H,3,4)(H,5,6). The molecule has 0 bridgehead atoms. The number of carboxylic acid groups (broad SMARTS) is 2. The van der Waals surface area contributed by atoms with Crippen LogP contribution in [-0.4, -0.2) is 43.9 Å². The molecule has 1 fully saturated rings. The van der Waals surface area contributed by atoms with E-state index < -0.39 is 11.9 Å². The number of halogens is 2. The minimum absolute atomic E-state index is 0.279. The maximum atomic E-state index is 13.4. The molecule has 4 rings (SSSR count). The Bertz CT molecular complexity index is 1140. The van der Waals surface area contributed by atoms with E-state index in [0.29, 0.717) is 12.5 Å². The number of nitrogens with one attached hydrogen (secondary N) is 1. The van der Waals surface area contributed by atoms with E-state index in [1.165, 1.54) is 42.7 Å². The second kappa shape index (κ2) is 14.9. The van der Waals surface area contributed by atoms with Gasteiger partial charge in [-0.05, 0) is 72.7 Å². The molecular weight excluding hydrogens is 508 g/mol. The third-order valence-corrected chi connectivity index (χ3v) is 6.78. The minimum atomic E-state index is -2.07. The summed E-state index contributed by atoms with van der Waals surface area (Å²) in [4.78, 5) is 19.6. The van der Waals surface area contributed by atoms with Crippen LogP contribution >= 0.6 is 0 Å². The molecular formula is C30H33F2NO6. The first kappa shape index (κ1) is 29.7. The lowest BCUT2D eigenvalue weighted by Crippen LogP contribution is -3.11. The molecule has 1 saturated heterocycles. The molecule has 2 N–H and O–H groups in total. The summed E-state index contributed by atoms with van der Waals surface area (Å²) in [5.74, 6) is -2.97. The molecule has 3 aromatic rings. The van der Waals surface area contributed by atoms with Gasteiger partial charge in [0.05, 0.1) is 20.2 Å². The van der Waals surface area contributed by atoms with Crippen molar-refractivity contribution >= 4 is 11.9 Å². The van der Waals surface area contributed by atoms with Gasteiger partial charge in [0.15, 0.2) is 5.97 Å². The average Bonchev–Trinajstić information content (AvgIpc) is 2.94. The first-order valence-electron chi connectivity index (χ1n) is 12.8. The van der Waals surface area contributed by atoms with Gasteiger partial charge in [-0.2, -0.15) is 0 Å². The Morgan fingerprint density at radius 2 is 1.46 bits per heavy atom. The number of quaternary nitrogens is 1. The molecule has 0 aromatic heterocycles. The van der Waals surface area contributed by atoms with E-state index in [-0.39, 0.29) is 17.7 Å². The molecule has 3 aromatic carbocycles. The van der Waals surface area contributed by atoms with Crippen molar-refractivity contribution in [1.82, 2.24) is 0 Å². The number of carboxylic acids is 2. The van der Waals surface area contributed by atoms with Crippen LogP contribution in [-0.2, 0) is 20.9 Å². The molecule has 7 nitrogen and oxygen atoms in total. The lowest BCUT2D eigenvalue weighted by Gasteiger charge is -2.30. The lowest BCUT2D eigenvalue weighted by atomic mass is 9.93. The number of aliphatic carboxylic acids is 2. The zero-order valence-corrected chi connectivity index (χ0v) is 21.8. The summed E-state index contributed by atoms with van der Waals surface area (Å²) in [6.07, 6.45) is 3.00. The topological polar surface area (TPSA) is 100 Å². The Morgan fingerprint density at radius 1 is 0.949 bits per heavy atom. The highest BCUT2D eigenvalue weighted by Gasteiger charge is 2.24. The summed E-state index contributed by atoms with van der Waals surface area (Å²) in [5, 5.41) is 16.3. The smallest absolute Gasteiger partial charge is 0.351 e. The van der Waals surface area contributed by atoms with Gasteiger partial charge in [0.25, 0.3) is 0 Å². The highest BCUT2D eigenvalue weighted by molar-refractivity contribution is 6.26. The fourth-order valence-electron chi connectivity index (χ4n) is 4.68. The number of benzene rings is 3. The van der Waals surface area contributed by atoms with Crippen LogP contribution in [0.2, 0.25) is 0 Å². The van der Waals surface area contributed by atoms with Gasteiger partial charge >= 0.3 is 5.97 Å². The number of piperidine rings is 1. The maximum Gasteiger partial charge on any atom is 0.351 e. The van der Waals surface area contributed by atoms with Crippen LogP contribution in [0, 0.1) is 17.6 Å². The van der Waals surface area contributed by atoms with Gasteiger partial charge in [0, 0.05) is 12.2 Å². The van der Waals surface area contributed by atoms with Crippen molar-refractivity contribution in [1.29, 1.82) is 0 Å². The van der Waals surface area contributed by atoms with Crippen LogP contribution in [0.15, 0.2) is 72.8 Å². The first-order valence-corrected chi connectivity index (χ1v) is 12.8. The molecule has 0 unspecified atom stereocenters. The zero-order valence-electron chi connectivity index (χ0n) is 21.8. The molecule has 0 amide bonds. The first-order chi connectivity index (χ1) is 18.8. The summed E-state index contributed by atoms with van der Waals surface area (Å²) in [7, 11) is 1.73. The number of carbonyl (C=O) groups is 2. The molecule has 1 aliphatic rings. The summed E-state index contributed by atoms with van der Waals surface area (Å²) in [6, 6.07) is 21.0. The number of likely N-dealkylation sites (tertiary alicyclic amines) is 1. The minimum Gasteiger partial charge on any atom is -0.539 e. The van der Waals surface area contributed by atoms with Crippen molar-refractivity contribution < 1.29 is 43.0 Å². The lowest BCUT2D eigenvalue weighted by molar-refractivity contribution is -0.919. The molecule has 0 spiro atoms. The van der Waals surface area contributed by atoms with Crippen LogP contribution in [0.3, 0.4) is 0 Å². The number of hydrogen-bond donors (Lipinski definition) is 2. The largest absolute Gasteiger partial charge is 0.539 e. The zero-order chi connectivity index (χ0) is 28.2. The Morgan fingerprint density at radius 3 is 1.95 bits per heavy atom. The van der Waals surface area contributed by atoms with E-state index in [1.807, 2.05) is 12.1 Å². The molecule has 0 radical (unpaired) electrons. The van der Waals surface area contributed by atoms with Crippen LogP contribution in [0.4, 0.5) is 8.78 Å². The highest BCUT2D eigenvalue weighted by Crippen LogP contribution is 2.28. The molecule has 1 heterocycles. The second-order valence-electron chi connectivity index (χ2n) is 9.42. The quantitative estimate of drug-likeness (QED) is 0.404. The summed E-state index contributed by atoms with van der Waals surface area (Å²) >= 11 is 0. The number of rotatable bonds is 9. The summed E-state index contributed by atoms with van der Waals surface area (Å²) < 4.78 is 38.6. The highest BCUT2D eigenvalue weighted by atomic mass is 19.1. The fourth-order valence-corrected chi connectivity index (χ4v) is 4.68. The monoisotopic (exact) mass is 541 g/mol. The van der Waals surface area contributed by atoms with Gasteiger partial charge in [0.2, 0.25) is 0 Å². The number of para-hydroxylation sites is 1. The Labute approximate surface area is 226 Å². The molecule has 1 aliphatic heterocycles. The van der Waals surface area contributed by atoms with E-state index in [0.717, 1.165) is 42.9 Å². The molecule has 39 heavy (non-hydrogen) atoms. The molecule has 208 valence electrons. The van der Waals surface area contributed by atoms with Crippen LogP contribution < -0.4 is 14.7 Å². The molecule has 9 heteroatoms. The Balaban J connectivity index is 0.000000631. The van der Waals surface area contributed by atoms with Crippen molar-refractivity contribution in [2.45, 2.75) is 31.9 Å². The van der Waals surface area contributed by atoms with Crippen molar-refractivity contribution in [2.24, 2.45) is 5.92 Å². The van der Waals surface area contributed by atoms with Gasteiger partial charge < -0.3 is 29.4 Å². The third-order valence-electron chi connectivity index (χ3n) is 6.78. The molecule has 0 atom stereocenters. The fraction of sp³-hybridized carbons (Fsp3) is 0.333. The van der Waals surface area contributed by atoms with E-state index in [2.05, 4.69) is 12.1 Å². The van der Waals surface area contributed by atoms with Crippen molar-refractivity contribution in [3.05, 3.63) is 101 Å². The predicted octanol–water partition coefficient (Wildman–Crippen LogP) is 2.79. The van der Waals surface area contributed by atoms with Gasteiger partial charge in [0.1, 0.15) is 30.0 Å². The van der Waals surface area contributed by atoms with Gasteiger partial charge in [-0.25, -0.2) is 13.6 Å². The van der Waals surface area contributed by atoms with Gasteiger partial charge in [-0.3, -0.25) is 0 Å². The van der Waals surface area contributed by atoms with Crippen molar-refractivity contribution in [3.63, 3.8) is 0 Å². The average molecular weight is 542 g/mol. The van der Waals surface area contributed by atoms with Crippen LogP contribution in [0.25, 0.3) is 0 Å². The van der Waals surface area contributed by atoms with E-state index >= 15 is 0 Å². The second-order valence-corrected chi connectivity index (χ2v) is 9.42. The van der Waals surface area contributed by atoms with E-state index in [4.69, 9.17) is 29.3 Å². The van der Waals surface area contributed by atoms with E-state index in [9.17, 15) is 8.78 Å². The van der Waals surface area contributed by atoms with Crippen LogP contribution in [0.1, 0.15) is 42.1 Å². The maximum absolute atomic E-state index is 13.4. The van der Waals surface area contributed by atoms with E-state index in [1.54, 1.807) is 36.3 Å². The number of methoxy groups -OCH3 is 1. The number of hydrogen-bond acceptors (Lipinski definition) is 5. The third kappa shape index (κ3) is 9.46. The predicted molar refractivity (Wildman–Crippen MR) is 138 cm³/mol. The van der Waals surface area contributed by atoms with Crippen molar-refractivity contribution in [3.8, 4) is 5.75 Å². The number of ether oxygens (including phenoxy) is 2. The normalized spacial score (nSPS) is 16.7. The summed E-state index contributed by atoms with van der Waals surface area (Å²) in [6.45, 7) is 3.89. The summed E-state index contributed by atoms with van der Waals surface area (Å²) in [5.41, 5.74) is 3.01. The number of carbonyl (C=O) groups excluding carboxylic acids is 1. The molecule has 0 aliphatic carbocycles.